The standard InChI is InChI=1S/C16H17NO3/c1-11-4-3-5-15(18)17(11)10-13-6-8-14(9-7-13)12(2)16(19)20/h3-9,12H,10H2,1-2H3,(H,19,20). The van der Waals surface area contributed by atoms with E-state index < -0.39 is 11.9 Å². The van der Waals surface area contributed by atoms with Crippen molar-refractivity contribution in [1.82, 2.24) is 4.57 Å². The van der Waals surface area contributed by atoms with Crippen molar-refractivity contribution in [2.45, 2.75) is 26.3 Å². The van der Waals surface area contributed by atoms with Crippen LogP contribution in [0.4, 0.5) is 0 Å². The second-order valence-corrected chi connectivity index (χ2v) is 4.89. The van der Waals surface area contributed by atoms with E-state index in [2.05, 4.69) is 0 Å². The molecule has 0 radical (unpaired) electrons. The van der Waals surface area contributed by atoms with E-state index in [0.717, 1.165) is 16.8 Å². The number of aromatic nitrogens is 1. The minimum atomic E-state index is -0.840. The Morgan fingerprint density at radius 2 is 1.85 bits per heavy atom. The van der Waals surface area contributed by atoms with Crippen LogP contribution in [0.3, 0.4) is 0 Å². The number of nitrogens with zero attached hydrogens (tertiary/aromatic N) is 1. The van der Waals surface area contributed by atoms with Crippen LogP contribution in [0.2, 0.25) is 0 Å². The lowest BCUT2D eigenvalue weighted by Crippen LogP contribution is -2.21. The van der Waals surface area contributed by atoms with E-state index in [4.69, 9.17) is 5.11 Å². The third-order valence-electron chi connectivity index (χ3n) is 3.46. The quantitative estimate of drug-likeness (QED) is 0.928. The molecule has 0 fully saturated rings. The highest BCUT2D eigenvalue weighted by atomic mass is 16.4. The molecule has 4 heteroatoms. The van der Waals surface area contributed by atoms with Crippen molar-refractivity contribution in [3.8, 4) is 0 Å². The van der Waals surface area contributed by atoms with E-state index in [1.54, 1.807) is 29.7 Å². The fourth-order valence-corrected chi connectivity index (χ4v) is 2.06. The van der Waals surface area contributed by atoms with Gasteiger partial charge in [0.15, 0.2) is 0 Å². The Balaban J connectivity index is 2.24. The lowest BCUT2D eigenvalue weighted by Gasteiger charge is -2.11. The highest BCUT2D eigenvalue weighted by Crippen LogP contribution is 2.16. The molecular formula is C16H17NO3. The molecule has 0 spiro atoms. The monoisotopic (exact) mass is 271 g/mol. The molecule has 20 heavy (non-hydrogen) atoms. The highest BCUT2D eigenvalue weighted by molar-refractivity contribution is 5.75. The van der Waals surface area contributed by atoms with Crippen molar-refractivity contribution in [3.05, 3.63) is 69.6 Å². The Morgan fingerprint density at radius 3 is 2.40 bits per heavy atom. The Morgan fingerprint density at radius 1 is 1.20 bits per heavy atom. The number of hydrogen-bond acceptors (Lipinski definition) is 2. The summed E-state index contributed by atoms with van der Waals surface area (Å²) in [6.07, 6.45) is 0. The van der Waals surface area contributed by atoms with Crippen LogP contribution in [-0.4, -0.2) is 15.6 Å². The lowest BCUT2D eigenvalue weighted by molar-refractivity contribution is -0.138. The second kappa shape index (κ2) is 5.74. The Kier molecular flexibility index (Phi) is 4.03. The second-order valence-electron chi connectivity index (χ2n) is 4.89. The van der Waals surface area contributed by atoms with Crippen LogP contribution >= 0.6 is 0 Å². The predicted molar refractivity (Wildman–Crippen MR) is 77.0 cm³/mol. The van der Waals surface area contributed by atoms with Crippen molar-refractivity contribution in [1.29, 1.82) is 0 Å². The molecule has 1 heterocycles. The van der Waals surface area contributed by atoms with Gasteiger partial charge in [0.1, 0.15) is 0 Å². The number of carbonyl (C=O) groups is 1. The van der Waals surface area contributed by atoms with E-state index in [0.29, 0.717) is 6.54 Å². The van der Waals surface area contributed by atoms with Crippen LogP contribution in [-0.2, 0) is 11.3 Å². The molecule has 104 valence electrons. The summed E-state index contributed by atoms with van der Waals surface area (Å²) in [5, 5.41) is 8.97. The van der Waals surface area contributed by atoms with Crippen LogP contribution in [0.25, 0.3) is 0 Å². The van der Waals surface area contributed by atoms with Crippen molar-refractivity contribution in [2.75, 3.05) is 0 Å². The summed E-state index contributed by atoms with van der Waals surface area (Å²) in [4.78, 5) is 22.7. The first-order chi connectivity index (χ1) is 9.49. The number of hydrogen-bond donors (Lipinski definition) is 1. The Bertz CT molecular complexity index is 671. The average Bonchev–Trinajstić information content (AvgIpc) is 2.43. The van der Waals surface area contributed by atoms with Crippen molar-refractivity contribution < 1.29 is 9.90 Å². The van der Waals surface area contributed by atoms with Crippen LogP contribution < -0.4 is 5.56 Å². The molecule has 0 aliphatic rings. The molecule has 1 aromatic heterocycles. The minimum absolute atomic E-state index is 0.0343. The van der Waals surface area contributed by atoms with Gasteiger partial charge in [0.2, 0.25) is 0 Å². The first-order valence-electron chi connectivity index (χ1n) is 6.47. The lowest BCUT2D eigenvalue weighted by atomic mass is 10.00. The normalized spacial score (nSPS) is 12.1. The first kappa shape index (κ1) is 14.1. The van der Waals surface area contributed by atoms with Gasteiger partial charge in [-0.3, -0.25) is 9.59 Å². The van der Waals surface area contributed by atoms with E-state index in [1.807, 2.05) is 25.1 Å². The molecule has 1 unspecified atom stereocenters. The van der Waals surface area contributed by atoms with Gasteiger partial charge in [0.25, 0.3) is 5.56 Å². The van der Waals surface area contributed by atoms with Crippen LogP contribution in [0.1, 0.15) is 29.7 Å². The third kappa shape index (κ3) is 2.96. The summed E-state index contributed by atoms with van der Waals surface area (Å²) >= 11 is 0. The third-order valence-corrected chi connectivity index (χ3v) is 3.46. The van der Waals surface area contributed by atoms with Gasteiger partial charge in [0.05, 0.1) is 12.5 Å². The number of pyridine rings is 1. The maximum atomic E-state index is 11.8. The van der Waals surface area contributed by atoms with Gasteiger partial charge in [-0.1, -0.05) is 30.3 Å². The Labute approximate surface area is 117 Å². The van der Waals surface area contributed by atoms with Gasteiger partial charge in [-0.25, -0.2) is 0 Å². The van der Waals surface area contributed by atoms with E-state index in [1.165, 1.54) is 6.07 Å². The fourth-order valence-electron chi connectivity index (χ4n) is 2.06. The van der Waals surface area contributed by atoms with E-state index >= 15 is 0 Å². The first-order valence-corrected chi connectivity index (χ1v) is 6.47. The van der Waals surface area contributed by atoms with Crippen LogP contribution in [0.5, 0.6) is 0 Å². The smallest absolute Gasteiger partial charge is 0.310 e. The molecular weight excluding hydrogens is 254 g/mol. The summed E-state index contributed by atoms with van der Waals surface area (Å²) in [7, 11) is 0. The van der Waals surface area contributed by atoms with Gasteiger partial charge >= 0.3 is 5.97 Å². The molecule has 0 amide bonds. The summed E-state index contributed by atoms with van der Waals surface area (Å²) in [5.41, 5.74) is 2.61. The molecule has 2 aromatic rings. The van der Waals surface area contributed by atoms with Gasteiger partial charge in [-0.15, -0.1) is 0 Å². The SMILES string of the molecule is Cc1cccc(=O)n1Cc1ccc(C(C)C(=O)O)cc1. The average molecular weight is 271 g/mol. The number of aryl methyl sites for hydroxylation is 1. The zero-order valence-corrected chi connectivity index (χ0v) is 11.5. The fraction of sp³-hybridized carbons (Fsp3) is 0.250. The predicted octanol–water partition coefficient (Wildman–Crippen LogP) is 2.39. The van der Waals surface area contributed by atoms with Crippen molar-refractivity contribution >= 4 is 5.97 Å². The summed E-state index contributed by atoms with van der Waals surface area (Å²) in [5.74, 6) is -1.36. The summed E-state index contributed by atoms with van der Waals surface area (Å²) in [6.45, 7) is 4.04. The van der Waals surface area contributed by atoms with Gasteiger partial charge in [0, 0.05) is 11.8 Å². The zero-order chi connectivity index (χ0) is 14.7. The van der Waals surface area contributed by atoms with Crippen LogP contribution in [0.15, 0.2) is 47.3 Å². The molecule has 0 saturated carbocycles. The summed E-state index contributed by atoms with van der Waals surface area (Å²) in [6, 6.07) is 12.5. The van der Waals surface area contributed by atoms with Crippen LogP contribution in [0, 0.1) is 6.92 Å². The molecule has 4 nitrogen and oxygen atoms in total. The molecule has 0 saturated heterocycles. The largest absolute Gasteiger partial charge is 0.481 e. The molecule has 0 aliphatic carbocycles. The molecule has 1 atom stereocenters. The number of aliphatic carboxylic acids is 1. The highest BCUT2D eigenvalue weighted by Gasteiger charge is 2.13. The van der Waals surface area contributed by atoms with E-state index in [9.17, 15) is 9.59 Å². The molecule has 1 N–H and O–H groups in total. The molecule has 2 rings (SSSR count). The van der Waals surface area contributed by atoms with Crippen molar-refractivity contribution in [3.63, 3.8) is 0 Å². The number of carboxylic acids is 1. The molecule has 0 bridgehead atoms. The maximum Gasteiger partial charge on any atom is 0.310 e. The zero-order valence-electron chi connectivity index (χ0n) is 11.5. The van der Waals surface area contributed by atoms with E-state index in [-0.39, 0.29) is 5.56 Å². The molecule has 1 aromatic carbocycles. The Hall–Kier alpha value is -2.36. The summed E-state index contributed by atoms with van der Waals surface area (Å²) < 4.78 is 1.69. The number of benzene rings is 1. The van der Waals surface area contributed by atoms with Gasteiger partial charge < -0.3 is 9.67 Å². The number of carboxylic acid groups (broad SMARTS) is 1. The van der Waals surface area contributed by atoms with Gasteiger partial charge in [-0.05, 0) is 31.0 Å². The number of rotatable bonds is 4. The maximum absolute atomic E-state index is 11.8. The molecule has 0 aliphatic heterocycles. The topological polar surface area (TPSA) is 59.3 Å². The minimum Gasteiger partial charge on any atom is -0.481 e. The van der Waals surface area contributed by atoms with Gasteiger partial charge in [-0.2, -0.15) is 0 Å². The van der Waals surface area contributed by atoms with Crippen molar-refractivity contribution in [2.24, 2.45) is 0 Å².